The van der Waals surface area contributed by atoms with Crippen molar-refractivity contribution >= 4 is 14.0 Å². The monoisotopic (exact) mass is 298 g/mol. The third kappa shape index (κ3) is 5.62. The van der Waals surface area contributed by atoms with Gasteiger partial charge in [0.2, 0.25) is 0 Å². The van der Waals surface area contributed by atoms with Crippen LogP contribution in [0.15, 0.2) is 18.2 Å². The van der Waals surface area contributed by atoms with Crippen molar-refractivity contribution in [3.05, 3.63) is 23.8 Å². The highest BCUT2D eigenvalue weighted by Crippen LogP contribution is 2.24. The van der Waals surface area contributed by atoms with Crippen molar-refractivity contribution in [2.75, 3.05) is 20.5 Å². The highest BCUT2D eigenvalue weighted by molar-refractivity contribution is 6.76. The van der Waals surface area contributed by atoms with Crippen LogP contribution in [0.4, 0.5) is 0 Å². The molecule has 0 atom stereocenters. The summed E-state index contributed by atoms with van der Waals surface area (Å²) in [6.07, 6.45) is 0. The molecule has 0 amide bonds. The normalized spacial score (nSPS) is 11.2. The first-order chi connectivity index (χ1) is 9.33. The van der Waals surface area contributed by atoms with Crippen LogP contribution in [0, 0.1) is 0 Å². The number of esters is 1. The van der Waals surface area contributed by atoms with E-state index in [1.165, 1.54) is 25.3 Å². The molecule has 1 aromatic carbocycles. The largest absolute Gasteiger partial charge is 0.508 e. The SMILES string of the molecule is COC(=O)c1cc(O)ccc1OCOCC[Si](C)(C)C. The Balaban J connectivity index is 2.53. The minimum atomic E-state index is -1.12. The third-order valence-electron chi connectivity index (χ3n) is 2.66. The first kappa shape index (κ1) is 16.5. The molecule has 0 radical (unpaired) electrons. The summed E-state index contributed by atoms with van der Waals surface area (Å²) >= 11 is 0. The Bertz CT molecular complexity index is 453. The van der Waals surface area contributed by atoms with Crippen LogP contribution in [-0.4, -0.2) is 39.7 Å². The Morgan fingerprint density at radius 1 is 1.30 bits per heavy atom. The number of ether oxygens (including phenoxy) is 3. The van der Waals surface area contributed by atoms with E-state index in [0.29, 0.717) is 12.4 Å². The fourth-order valence-corrected chi connectivity index (χ4v) is 2.21. The molecule has 0 aromatic heterocycles. The molecule has 0 heterocycles. The van der Waals surface area contributed by atoms with Gasteiger partial charge < -0.3 is 19.3 Å². The number of benzene rings is 1. The fraction of sp³-hybridized carbons (Fsp3) is 0.500. The Morgan fingerprint density at radius 3 is 2.60 bits per heavy atom. The first-order valence-corrected chi connectivity index (χ1v) is 10.2. The lowest BCUT2D eigenvalue weighted by Crippen LogP contribution is -2.22. The second kappa shape index (κ2) is 7.30. The fourth-order valence-electron chi connectivity index (χ4n) is 1.46. The molecular weight excluding hydrogens is 276 g/mol. The summed E-state index contributed by atoms with van der Waals surface area (Å²) in [6.45, 7) is 7.52. The maximum Gasteiger partial charge on any atom is 0.341 e. The molecule has 1 N–H and O–H groups in total. The summed E-state index contributed by atoms with van der Waals surface area (Å²) in [5.74, 6) is -0.238. The van der Waals surface area contributed by atoms with E-state index in [-0.39, 0.29) is 18.1 Å². The van der Waals surface area contributed by atoms with E-state index >= 15 is 0 Å². The van der Waals surface area contributed by atoms with E-state index in [1.54, 1.807) is 0 Å². The second-order valence-electron chi connectivity index (χ2n) is 5.65. The highest BCUT2D eigenvalue weighted by Gasteiger charge is 2.15. The van der Waals surface area contributed by atoms with Crippen molar-refractivity contribution in [2.24, 2.45) is 0 Å². The minimum absolute atomic E-state index is 0.0163. The quantitative estimate of drug-likeness (QED) is 0.363. The molecule has 6 heteroatoms. The van der Waals surface area contributed by atoms with Crippen LogP contribution < -0.4 is 4.74 Å². The van der Waals surface area contributed by atoms with Gasteiger partial charge in [0.05, 0.1) is 7.11 Å². The number of phenols is 1. The number of hydrogen-bond acceptors (Lipinski definition) is 5. The molecule has 0 fully saturated rings. The van der Waals surface area contributed by atoms with Crippen LogP contribution >= 0.6 is 0 Å². The Labute approximate surface area is 120 Å². The van der Waals surface area contributed by atoms with E-state index in [9.17, 15) is 9.90 Å². The van der Waals surface area contributed by atoms with E-state index in [1.807, 2.05) is 0 Å². The molecule has 5 nitrogen and oxygen atoms in total. The molecule has 0 aliphatic rings. The summed E-state index contributed by atoms with van der Waals surface area (Å²) < 4.78 is 15.5. The van der Waals surface area contributed by atoms with Gasteiger partial charge >= 0.3 is 5.97 Å². The Hall–Kier alpha value is -1.53. The predicted molar refractivity (Wildman–Crippen MR) is 79.0 cm³/mol. The van der Waals surface area contributed by atoms with Crippen LogP contribution in [0.5, 0.6) is 11.5 Å². The van der Waals surface area contributed by atoms with Gasteiger partial charge in [0.1, 0.15) is 17.1 Å². The number of methoxy groups -OCH3 is 1. The van der Waals surface area contributed by atoms with Gasteiger partial charge in [-0.1, -0.05) is 19.6 Å². The smallest absolute Gasteiger partial charge is 0.341 e. The average molecular weight is 298 g/mol. The minimum Gasteiger partial charge on any atom is -0.508 e. The molecule has 0 saturated carbocycles. The number of carbonyl (C=O) groups excluding carboxylic acids is 1. The van der Waals surface area contributed by atoms with Crippen LogP contribution in [0.2, 0.25) is 25.7 Å². The van der Waals surface area contributed by atoms with Gasteiger partial charge in [0.15, 0.2) is 6.79 Å². The Morgan fingerprint density at radius 2 is 2.00 bits per heavy atom. The van der Waals surface area contributed by atoms with Gasteiger partial charge in [-0.2, -0.15) is 0 Å². The van der Waals surface area contributed by atoms with Crippen LogP contribution in [-0.2, 0) is 9.47 Å². The zero-order valence-electron chi connectivity index (χ0n) is 12.4. The van der Waals surface area contributed by atoms with Crippen molar-refractivity contribution in [1.29, 1.82) is 0 Å². The van der Waals surface area contributed by atoms with Crippen molar-refractivity contribution in [1.82, 2.24) is 0 Å². The number of hydrogen-bond donors (Lipinski definition) is 1. The Kier molecular flexibility index (Phi) is 6.03. The van der Waals surface area contributed by atoms with Crippen LogP contribution in [0.3, 0.4) is 0 Å². The molecule has 112 valence electrons. The number of carbonyl (C=O) groups is 1. The maximum atomic E-state index is 11.6. The zero-order valence-corrected chi connectivity index (χ0v) is 13.4. The van der Waals surface area contributed by atoms with Gasteiger partial charge in [-0.15, -0.1) is 0 Å². The molecule has 0 aliphatic heterocycles. The molecule has 20 heavy (non-hydrogen) atoms. The number of rotatable bonds is 7. The maximum absolute atomic E-state index is 11.6. The molecule has 0 saturated heterocycles. The molecular formula is C14H22O5Si. The summed E-state index contributed by atoms with van der Waals surface area (Å²) in [5, 5.41) is 9.39. The molecule has 1 aromatic rings. The van der Waals surface area contributed by atoms with Crippen molar-refractivity contribution in [3.63, 3.8) is 0 Å². The summed E-state index contributed by atoms with van der Waals surface area (Å²) in [7, 11) is 0.162. The standard InChI is InChI=1S/C14H22O5Si/c1-17-14(16)12-9-11(15)5-6-13(12)19-10-18-7-8-20(2,3)4/h5-6,9,15H,7-8,10H2,1-4H3. The summed E-state index contributed by atoms with van der Waals surface area (Å²) in [4.78, 5) is 11.6. The van der Waals surface area contributed by atoms with Crippen LogP contribution in [0.25, 0.3) is 0 Å². The number of phenolic OH excluding ortho intramolecular Hbond substituents is 1. The molecule has 0 bridgehead atoms. The topological polar surface area (TPSA) is 65.0 Å². The molecule has 1 rings (SSSR count). The van der Waals surface area contributed by atoms with Gasteiger partial charge in [-0.25, -0.2) is 4.79 Å². The van der Waals surface area contributed by atoms with Gasteiger partial charge in [-0.3, -0.25) is 0 Å². The molecule has 0 aliphatic carbocycles. The lowest BCUT2D eigenvalue weighted by Gasteiger charge is -2.16. The van der Waals surface area contributed by atoms with Crippen molar-refractivity contribution < 1.29 is 24.1 Å². The lowest BCUT2D eigenvalue weighted by atomic mass is 10.2. The second-order valence-corrected chi connectivity index (χ2v) is 11.3. The van der Waals surface area contributed by atoms with E-state index in [4.69, 9.17) is 9.47 Å². The predicted octanol–water partition coefficient (Wildman–Crippen LogP) is 2.87. The first-order valence-electron chi connectivity index (χ1n) is 6.45. The molecule has 0 spiro atoms. The van der Waals surface area contributed by atoms with E-state index in [2.05, 4.69) is 24.4 Å². The van der Waals surface area contributed by atoms with Gasteiger partial charge in [0, 0.05) is 14.7 Å². The lowest BCUT2D eigenvalue weighted by molar-refractivity contribution is 0.0206. The van der Waals surface area contributed by atoms with Crippen LogP contribution in [0.1, 0.15) is 10.4 Å². The number of aromatic hydroxyl groups is 1. The third-order valence-corrected chi connectivity index (χ3v) is 4.37. The average Bonchev–Trinajstić information content (AvgIpc) is 2.37. The summed E-state index contributed by atoms with van der Waals surface area (Å²) in [6, 6.07) is 5.33. The zero-order chi connectivity index (χ0) is 15.2. The molecule has 0 unspecified atom stereocenters. The van der Waals surface area contributed by atoms with Gasteiger partial charge in [-0.05, 0) is 24.2 Å². The summed E-state index contributed by atoms with van der Waals surface area (Å²) in [5.41, 5.74) is 0.182. The van der Waals surface area contributed by atoms with E-state index < -0.39 is 14.0 Å². The van der Waals surface area contributed by atoms with E-state index in [0.717, 1.165) is 6.04 Å². The highest BCUT2D eigenvalue weighted by atomic mass is 28.3. The van der Waals surface area contributed by atoms with Crippen molar-refractivity contribution in [2.45, 2.75) is 25.7 Å². The van der Waals surface area contributed by atoms with Gasteiger partial charge in [0.25, 0.3) is 0 Å². The van der Waals surface area contributed by atoms with Crippen molar-refractivity contribution in [3.8, 4) is 11.5 Å².